The van der Waals surface area contributed by atoms with Crippen LogP contribution in [-0.4, -0.2) is 31.7 Å². The number of halogens is 1. The predicted molar refractivity (Wildman–Crippen MR) is 97.1 cm³/mol. The average molecular weight is 387 g/mol. The molecule has 1 aliphatic rings. The quantitative estimate of drug-likeness (QED) is 0.810. The van der Waals surface area contributed by atoms with Crippen LogP contribution in [0.25, 0.3) is 0 Å². The Bertz CT molecular complexity index is 923. The van der Waals surface area contributed by atoms with E-state index in [1.807, 2.05) is 6.07 Å². The number of fused-ring (bicyclic) bond motifs is 1. The fourth-order valence-corrected chi connectivity index (χ4v) is 2.69. The standard InChI is InChI=1S/C19H15ClN2O5/c20-15-8-13(9-16-18(15)26-6-2-5-25-16)19(24)27-11-17(23)22-14-4-1-3-12(7-14)10-21/h1,3-4,7-9H,2,5-6,11H2,(H,22,23). The highest BCUT2D eigenvalue weighted by molar-refractivity contribution is 6.32. The van der Waals surface area contributed by atoms with E-state index in [1.54, 1.807) is 18.2 Å². The molecule has 1 heterocycles. The molecule has 27 heavy (non-hydrogen) atoms. The summed E-state index contributed by atoms with van der Waals surface area (Å²) in [7, 11) is 0. The SMILES string of the molecule is N#Cc1cccc(NC(=O)COC(=O)c2cc(Cl)c3c(c2)OCCCO3)c1. The number of hydrogen-bond acceptors (Lipinski definition) is 6. The lowest BCUT2D eigenvalue weighted by Gasteiger charge is -2.11. The molecule has 0 unspecified atom stereocenters. The smallest absolute Gasteiger partial charge is 0.338 e. The first-order valence-corrected chi connectivity index (χ1v) is 8.51. The minimum absolute atomic E-state index is 0.156. The van der Waals surface area contributed by atoms with Gasteiger partial charge in [0.1, 0.15) is 0 Å². The molecule has 0 fully saturated rings. The number of ether oxygens (including phenoxy) is 3. The molecule has 1 amide bonds. The van der Waals surface area contributed by atoms with Gasteiger partial charge in [-0.3, -0.25) is 4.79 Å². The molecule has 0 saturated carbocycles. The van der Waals surface area contributed by atoms with E-state index < -0.39 is 18.5 Å². The van der Waals surface area contributed by atoms with Gasteiger partial charge in [-0.2, -0.15) is 5.26 Å². The Labute approximate surface area is 160 Å². The first-order valence-electron chi connectivity index (χ1n) is 8.13. The first-order chi connectivity index (χ1) is 13.1. The van der Waals surface area contributed by atoms with Gasteiger partial charge in [0.2, 0.25) is 0 Å². The average Bonchev–Trinajstić information content (AvgIpc) is 2.92. The minimum Gasteiger partial charge on any atom is -0.489 e. The number of rotatable bonds is 4. The van der Waals surface area contributed by atoms with Crippen LogP contribution in [0.2, 0.25) is 5.02 Å². The number of carbonyl (C=O) groups excluding carboxylic acids is 2. The number of carbonyl (C=O) groups is 2. The lowest BCUT2D eigenvalue weighted by Crippen LogP contribution is -2.21. The van der Waals surface area contributed by atoms with Crippen LogP contribution < -0.4 is 14.8 Å². The summed E-state index contributed by atoms with van der Waals surface area (Å²) >= 11 is 6.14. The van der Waals surface area contributed by atoms with Crippen molar-refractivity contribution in [1.82, 2.24) is 0 Å². The molecular weight excluding hydrogens is 372 g/mol. The van der Waals surface area contributed by atoms with Crippen LogP contribution >= 0.6 is 11.6 Å². The summed E-state index contributed by atoms with van der Waals surface area (Å²) in [6.07, 6.45) is 0.706. The van der Waals surface area contributed by atoms with Gasteiger partial charge in [0.15, 0.2) is 18.1 Å². The maximum absolute atomic E-state index is 12.2. The van der Waals surface area contributed by atoms with Gasteiger partial charge in [-0.15, -0.1) is 0 Å². The maximum Gasteiger partial charge on any atom is 0.338 e. The van der Waals surface area contributed by atoms with Crippen molar-refractivity contribution in [3.05, 3.63) is 52.5 Å². The van der Waals surface area contributed by atoms with E-state index in [0.29, 0.717) is 42.4 Å². The highest BCUT2D eigenvalue weighted by Crippen LogP contribution is 2.38. The zero-order chi connectivity index (χ0) is 19.2. The topological polar surface area (TPSA) is 97.7 Å². The molecule has 3 rings (SSSR count). The third-order valence-corrected chi connectivity index (χ3v) is 3.93. The maximum atomic E-state index is 12.2. The van der Waals surface area contributed by atoms with Crippen molar-refractivity contribution in [3.63, 3.8) is 0 Å². The summed E-state index contributed by atoms with van der Waals surface area (Å²) in [5.41, 5.74) is 1.00. The van der Waals surface area contributed by atoms with Crippen LogP contribution in [0.15, 0.2) is 36.4 Å². The van der Waals surface area contributed by atoms with Crippen molar-refractivity contribution in [2.45, 2.75) is 6.42 Å². The molecule has 0 spiro atoms. The largest absolute Gasteiger partial charge is 0.489 e. The van der Waals surface area contributed by atoms with Crippen molar-refractivity contribution in [3.8, 4) is 17.6 Å². The Hall–Kier alpha value is -3.24. The summed E-state index contributed by atoms with van der Waals surface area (Å²) in [5, 5.41) is 11.7. The van der Waals surface area contributed by atoms with Gasteiger partial charge in [0, 0.05) is 12.1 Å². The highest BCUT2D eigenvalue weighted by Gasteiger charge is 2.19. The second-order valence-corrected chi connectivity index (χ2v) is 6.06. The van der Waals surface area contributed by atoms with Crippen molar-refractivity contribution in [2.75, 3.05) is 25.1 Å². The van der Waals surface area contributed by atoms with Crippen molar-refractivity contribution >= 4 is 29.2 Å². The number of amides is 1. The Morgan fingerprint density at radius 1 is 1.22 bits per heavy atom. The Kier molecular flexibility index (Phi) is 5.79. The van der Waals surface area contributed by atoms with E-state index in [1.165, 1.54) is 18.2 Å². The van der Waals surface area contributed by atoms with Crippen LogP contribution in [-0.2, 0) is 9.53 Å². The molecule has 7 nitrogen and oxygen atoms in total. The van der Waals surface area contributed by atoms with E-state index in [-0.39, 0.29) is 10.6 Å². The fourth-order valence-electron chi connectivity index (χ4n) is 2.43. The zero-order valence-electron chi connectivity index (χ0n) is 14.2. The number of nitrogens with one attached hydrogen (secondary N) is 1. The molecule has 2 aromatic carbocycles. The van der Waals surface area contributed by atoms with Gasteiger partial charge in [0.05, 0.1) is 35.4 Å². The number of benzene rings is 2. The second kappa shape index (κ2) is 8.43. The molecule has 0 bridgehead atoms. The minimum atomic E-state index is -0.714. The summed E-state index contributed by atoms with van der Waals surface area (Å²) in [6, 6.07) is 11.3. The lowest BCUT2D eigenvalue weighted by molar-refractivity contribution is -0.119. The summed E-state index contributed by atoms with van der Waals surface area (Å²) in [5.74, 6) is -0.488. The first kappa shape index (κ1) is 18.5. The van der Waals surface area contributed by atoms with E-state index in [9.17, 15) is 9.59 Å². The Morgan fingerprint density at radius 3 is 2.85 bits per heavy atom. The fraction of sp³-hybridized carbons (Fsp3) is 0.211. The van der Waals surface area contributed by atoms with Crippen molar-refractivity contribution < 1.29 is 23.8 Å². The van der Waals surface area contributed by atoms with Crippen LogP contribution in [0, 0.1) is 11.3 Å². The number of hydrogen-bond donors (Lipinski definition) is 1. The number of esters is 1. The van der Waals surface area contributed by atoms with E-state index in [4.69, 9.17) is 31.1 Å². The van der Waals surface area contributed by atoms with Crippen molar-refractivity contribution in [1.29, 1.82) is 5.26 Å². The molecule has 0 aliphatic carbocycles. The Balaban J connectivity index is 1.62. The van der Waals surface area contributed by atoms with Gasteiger partial charge in [-0.05, 0) is 30.3 Å². The monoisotopic (exact) mass is 386 g/mol. The number of anilines is 1. The number of nitrogens with zero attached hydrogens (tertiary/aromatic N) is 1. The lowest BCUT2D eigenvalue weighted by atomic mass is 10.2. The number of nitriles is 1. The molecule has 0 aromatic heterocycles. The van der Waals surface area contributed by atoms with E-state index >= 15 is 0 Å². The molecule has 0 saturated heterocycles. The molecule has 1 aliphatic heterocycles. The molecule has 1 N–H and O–H groups in total. The van der Waals surface area contributed by atoms with E-state index in [2.05, 4.69) is 5.32 Å². The van der Waals surface area contributed by atoms with Gasteiger partial charge in [0.25, 0.3) is 5.91 Å². The Morgan fingerprint density at radius 2 is 2.04 bits per heavy atom. The van der Waals surface area contributed by atoms with Gasteiger partial charge in [-0.25, -0.2) is 4.79 Å². The summed E-state index contributed by atoms with van der Waals surface area (Å²) in [6.45, 7) is 0.442. The molecule has 0 atom stereocenters. The zero-order valence-corrected chi connectivity index (χ0v) is 14.9. The van der Waals surface area contributed by atoms with Gasteiger partial charge < -0.3 is 19.5 Å². The third kappa shape index (κ3) is 4.68. The van der Waals surface area contributed by atoms with Crippen LogP contribution in [0.3, 0.4) is 0 Å². The van der Waals surface area contributed by atoms with Crippen LogP contribution in [0.5, 0.6) is 11.5 Å². The summed E-state index contributed by atoms with van der Waals surface area (Å²) in [4.78, 5) is 24.2. The van der Waals surface area contributed by atoms with Crippen LogP contribution in [0.1, 0.15) is 22.3 Å². The van der Waals surface area contributed by atoms with Crippen LogP contribution in [0.4, 0.5) is 5.69 Å². The van der Waals surface area contributed by atoms with Gasteiger partial charge in [-0.1, -0.05) is 17.7 Å². The third-order valence-electron chi connectivity index (χ3n) is 3.65. The normalized spacial score (nSPS) is 12.4. The van der Waals surface area contributed by atoms with E-state index in [0.717, 1.165) is 0 Å². The molecular formula is C19H15ClN2O5. The highest BCUT2D eigenvalue weighted by atomic mass is 35.5. The predicted octanol–water partition coefficient (Wildman–Crippen LogP) is 3.17. The molecule has 138 valence electrons. The molecule has 0 radical (unpaired) electrons. The molecule has 2 aromatic rings. The van der Waals surface area contributed by atoms with Crippen molar-refractivity contribution in [2.24, 2.45) is 0 Å². The molecule has 8 heteroatoms. The van der Waals surface area contributed by atoms with Gasteiger partial charge >= 0.3 is 5.97 Å². The second-order valence-electron chi connectivity index (χ2n) is 5.65. The summed E-state index contributed by atoms with van der Waals surface area (Å²) < 4.78 is 16.0.